The monoisotopic (exact) mass is 278 g/mol. The lowest BCUT2D eigenvalue weighted by atomic mass is 10.1. The van der Waals surface area contributed by atoms with Gasteiger partial charge >= 0.3 is 0 Å². The molecule has 1 rings (SSSR count). The maximum atomic E-state index is 12.0. The predicted molar refractivity (Wildman–Crippen MR) is 82.8 cm³/mol. The van der Waals surface area contributed by atoms with E-state index in [9.17, 15) is 4.79 Å². The normalized spacial score (nSPS) is 10.5. The minimum Gasteiger partial charge on any atom is -0.362 e. The fourth-order valence-electron chi connectivity index (χ4n) is 2.23. The van der Waals surface area contributed by atoms with E-state index in [4.69, 9.17) is 5.73 Å². The summed E-state index contributed by atoms with van der Waals surface area (Å²) in [6.07, 6.45) is 0.977. The molecule has 1 aromatic heterocycles. The van der Waals surface area contributed by atoms with E-state index < -0.39 is 0 Å². The quantitative estimate of drug-likeness (QED) is 0.856. The lowest BCUT2D eigenvalue weighted by Crippen LogP contribution is -2.38. The molecule has 0 aliphatic carbocycles. The summed E-state index contributed by atoms with van der Waals surface area (Å²) < 4.78 is 0. The van der Waals surface area contributed by atoms with E-state index >= 15 is 0 Å². The second kappa shape index (κ2) is 7.24. The molecule has 0 aromatic carbocycles. The molecule has 1 heterocycles. The van der Waals surface area contributed by atoms with Crippen molar-refractivity contribution >= 4 is 11.6 Å². The van der Waals surface area contributed by atoms with E-state index in [1.165, 1.54) is 0 Å². The molecule has 0 aliphatic rings. The SMILES string of the molecule is CCCN(CC(=O)N(C)C)c1cc(C)nc(C)c1CN. The summed E-state index contributed by atoms with van der Waals surface area (Å²) in [5.74, 6) is 0.0912. The van der Waals surface area contributed by atoms with Gasteiger partial charge in [0.15, 0.2) is 0 Å². The maximum Gasteiger partial charge on any atom is 0.241 e. The van der Waals surface area contributed by atoms with Crippen LogP contribution in [0.15, 0.2) is 6.07 Å². The van der Waals surface area contributed by atoms with Gasteiger partial charge in [-0.05, 0) is 26.3 Å². The smallest absolute Gasteiger partial charge is 0.241 e. The molecule has 0 fully saturated rings. The second-order valence-corrected chi connectivity index (χ2v) is 5.26. The van der Waals surface area contributed by atoms with Gasteiger partial charge in [-0.3, -0.25) is 9.78 Å². The standard InChI is InChI=1S/C15H26N4O/c1-6-7-19(10-15(20)18(4)5)14-8-11(2)17-12(3)13(14)9-16/h8H,6-7,9-10,16H2,1-5H3. The summed E-state index contributed by atoms with van der Waals surface area (Å²) in [6.45, 7) is 7.68. The Balaban J connectivity index is 3.17. The highest BCUT2D eigenvalue weighted by Crippen LogP contribution is 2.24. The van der Waals surface area contributed by atoms with Crippen molar-refractivity contribution in [1.29, 1.82) is 0 Å². The molecule has 2 N–H and O–H groups in total. The van der Waals surface area contributed by atoms with Crippen molar-refractivity contribution in [3.05, 3.63) is 23.0 Å². The number of anilines is 1. The Kier molecular flexibility index (Phi) is 5.95. The highest BCUT2D eigenvalue weighted by atomic mass is 16.2. The Bertz CT molecular complexity index is 471. The van der Waals surface area contributed by atoms with Crippen molar-refractivity contribution in [3.63, 3.8) is 0 Å². The zero-order valence-corrected chi connectivity index (χ0v) is 13.2. The van der Waals surface area contributed by atoms with Crippen molar-refractivity contribution in [2.24, 2.45) is 5.73 Å². The Morgan fingerprint density at radius 3 is 2.50 bits per heavy atom. The summed E-state index contributed by atoms with van der Waals surface area (Å²) in [7, 11) is 3.55. The van der Waals surface area contributed by atoms with Gasteiger partial charge in [0.25, 0.3) is 0 Å². The van der Waals surface area contributed by atoms with Crippen LogP contribution in [-0.2, 0) is 11.3 Å². The van der Waals surface area contributed by atoms with Crippen LogP contribution in [0, 0.1) is 13.8 Å². The van der Waals surface area contributed by atoms with Gasteiger partial charge in [0.05, 0.1) is 6.54 Å². The van der Waals surface area contributed by atoms with E-state index in [2.05, 4.69) is 16.8 Å². The summed E-state index contributed by atoms with van der Waals surface area (Å²) in [4.78, 5) is 20.2. The third-order valence-corrected chi connectivity index (χ3v) is 3.30. The van der Waals surface area contributed by atoms with Gasteiger partial charge in [0.2, 0.25) is 5.91 Å². The summed E-state index contributed by atoms with van der Waals surface area (Å²) in [6, 6.07) is 2.02. The minimum atomic E-state index is 0.0912. The van der Waals surface area contributed by atoms with Crippen LogP contribution in [0.4, 0.5) is 5.69 Å². The Morgan fingerprint density at radius 2 is 2.00 bits per heavy atom. The molecule has 5 nitrogen and oxygen atoms in total. The van der Waals surface area contributed by atoms with Crippen LogP contribution in [0.25, 0.3) is 0 Å². The molecule has 20 heavy (non-hydrogen) atoms. The first kappa shape index (κ1) is 16.4. The van der Waals surface area contributed by atoms with Gasteiger partial charge in [0.1, 0.15) is 0 Å². The molecule has 0 bridgehead atoms. The first-order valence-electron chi connectivity index (χ1n) is 7.03. The Labute approximate surface area is 121 Å². The van der Waals surface area contributed by atoms with Gasteiger partial charge < -0.3 is 15.5 Å². The van der Waals surface area contributed by atoms with Crippen LogP contribution in [0.2, 0.25) is 0 Å². The molecule has 112 valence electrons. The third kappa shape index (κ3) is 3.93. The Morgan fingerprint density at radius 1 is 1.35 bits per heavy atom. The van der Waals surface area contributed by atoms with Crippen molar-refractivity contribution < 1.29 is 4.79 Å². The van der Waals surface area contributed by atoms with Crippen LogP contribution in [0.5, 0.6) is 0 Å². The predicted octanol–water partition coefficient (Wildman–Crippen LogP) is 1.46. The van der Waals surface area contributed by atoms with Crippen LogP contribution in [0.1, 0.15) is 30.3 Å². The van der Waals surface area contributed by atoms with E-state index in [-0.39, 0.29) is 5.91 Å². The van der Waals surface area contributed by atoms with E-state index in [0.29, 0.717) is 13.1 Å². The van der Waals surface area contributed by atoms with Crippen molar-refractivity contribution in [2.45, 2.75) is 33.7 Å². The molecule has 0 atom stereocenters. The highest BCUT2D eigenvalue weighted by molar-refractivity contribution is 5.81. The molecule has 0 aliphatic heterocycles. The molecule has 5 heteroatoms. The van der Waals surface area contributed by atoms with E-state index in [1.54, 1.807) is 19.0 Å². The van der Waals surface area contributed by atoms with E-state index in [1.807, 2.05) is 19.9 Å². The van der Waals surface area contributed by atoms with Crippen LogP contribution in [0.3, 0.4) is 0 Å². The number of rotatable bonds is 6. The van der Waals surface area contributed by atoms with Crippen molar-refractivity contribution in [3.8, 4) is 0 Å². The molecule has 0 unspecified atom stereocenters. The fourth-order valence-corrected chi connectivity index (χ4v) is 2.23. The van der Waals surface area contributed by atoms with Gasteiger partial charge in [-0.2, -0.15) is 0 Å². The van der Waals surface area contributed by atoms with Gasteiger partial charge in [-0.25, -0.2) is 0 Å². The van der Waals surface area contributed by atoms with Gasteiger partial charge in [-0.1, -0.05) is 6.92 Å². The number of hydrogen-bond acceptors (Lipinski definition) is 4. The summed E-state index contributed by atoms with van der Waals surface area (Å²) in [5.41, 5.74) is 9.82. The molecular weight excluding hydrogens is 252 g/mol. The first-order chi connectivity index (χ1) is 9.40. The van der Waals surface area contributed by atoms with Crippen LogP contribution in [-0.4, -0.2) is 43.0 Å². The molecule has 1 amide bonds. The lowest BCUT2D eigenvalue weighted by Gasteiger charge is -2.28. The van der Waals surface area contributed by atoms with Crippen LogP contribution < -0.4 is 10.6 Å². The number of likely N-dealkylation sites (N-methyl/N-ethyl adjacent to an activating group) is 1. The van der Waals surface area contributed by atoms with Crippen LogP contribution >= 0.6 is 0 Å². The maximum absolute atomic E-state index is 12.0. The third-order valence-electron chi connectivity index (χ3n) is 3.30. The van der Waals surface area contributed by atoms with Gasteiger partial charge in [0, 0.05) is 49.8 Å². The molecule has 0 saturated carbocycles. The summed E-state index contributed by atoms with van der Waals surface area (Å²) in [5, 5.41) is 0. The topological polar surface area (TPSA) is 62.5 Å². The zero-order chi connectivity index (χ0) is 15.3. The Hall–Kier alpha value is -1.62. The number of nitrogens with zero attached hydrogens (tertiary/aromatic N) is 3. The van der Waals surface area contributed by atoms with E-state index in [0.717, 1.165) is 35.6 Å². The highest BCUT2D eigenvalue weighted by Gasteiger charge is 2.17. The number of aromatic nitrogens is 1. The molecule has 0 radical (unpaired) electrons. The number of carbonyl (C=O) groups is 1. The number of aryl methyl sites for hydroxylation is 2. The molecule has 1 aromatic rings. The number of pyridine rings is 1. The lowest BCUT2D eigenvalue weighted by molar-refractivity contribution is -0.127. The average Bonchev–Trinajstić information content (AvgIpc) is 2.37. The van der Waals surface area contributed by atoms with Crippen molar-refractivity contribution in [2.75, 3.05) is 32.1 Å². The number of nitrogens with two attached hydrogens (primary N) is 1. The summed E-state index contributed by atoms with van der Waals surface area (Å²) >= 11 is 0. The van der Waals surface area contributed by atoms with Crippen molar-refractivity contribution in [1.82, 2.24) is 9.88 Å². The largest absolute Gasteiger partial charge is 0.362 e. The molecular formula is C15H26N4O. The second-order valence-electron chi connectivity index (χ2n) is 5.26. The number of carbonyl (C=O) groups excluding carboxylic acids is 1. The molecule has 0 saturated heterocycles. The first-order valence-corrected chi connectivity index (χ1v) is 7.03. The van der Waals surface area contributed by atoms with Gasteiger partial charge in [-0.15, -0.1) is 0 Å². The number of hydrogen-bond donors (Lipinski definition) is 1. The molecule has 0 spiro atoms. The zero-order valence-electron chi connectivity index (χ0n) is 13.2. The average molecular weight is 278 g/mol. The minimum absolute atomic E-state index is 0.0912. The number of amides is 1. The fraction of sp³-hybridized carbons (Fsp3) is 0.600.